The number of rotatable bonds is 4. The Morgan fingerprint density at radius 1 is 1.05 bits per heavy atom. The lowest BCUT2D eigenvalue weighted by atomic mass is 9.80. The standard InChI is InChI=1S/C19H23NOS/c1-20(2)13-7-12-19(21)16-9-4-3-8-15(16)14-22-18-11-6-5-10-17(18)19/h3-6,8-11,21H,7,12-14H2,1-2H3/t19-/m1/s1. The molecule has 1 N–H and O–H groups in total. The lowest BCUT2D eigenvalue weighted by Crippen LogP contribution is -2.29. The Labute approximate surface area is 137 Å². The van der Waals surface area contributed by atoms with Gasteiger partial charge in [0.2, 0.25) is 0 Å². The zero-order chi connectivity index (χ0) is 15.6. The first-order valence-corrected chi connectivity index (χ1v) is 8.77. The molecule has 3 rings (SSSR count). The molecule has 0 fully saturated rings. The van der Waals surface area contributed by atoms with E-state index < -0.39 is 5.60 Å². The van der Waals surface area contributed by atoms with Crippen molar-refractivity contribution < 1.29 is 5.11 Å². The van der Waals surface area contributed by atoms with E-state index in [4.69, 9.17) is 0 Å². The van der Waals surface area contributed by atoms with E-state index in [9.17, 15) is 5.11 Å². The molecular formula is C19H23NOS. The van der Waals surface area contributed by atoms with Crippen molar-refractivity contribution in [1.82, 2.24) is 4.90 Å². The first-order chi connectivity index (χ1) is 10.6. The molecule has 116 valence electrons. The van der Waals surface area contributed by atoms with Crippen molar-refractivity contribution in [3.8, 4) is 0 Å². The Bertz CT molecular complexity index is 606. The van der Waals surface area contributed by atoms with Crippen LogP contribution in [0.3, 0.4) is 0 Å². The van der Waals surface area contributed by atoms with E-state index in [-0.39, 0.29) is 0 Å². The number of aliphatic hydroxyl groups is 1. The van der Waals surface area contributed by atoms with Gasteiger partial charge in [-0.25, -0.2) is 0 Å². The second-order valence-electron chi connectivity index (χ2n) is 6.21. The summed E-state index contributed by atoms with van der Waals surface area (Å²) in [6.07, 6.45) is 1.72. The van der Waals surface area contributed by atoms with E-state index in [0.717, 1.165) is 36.3 Å². The number of fused-ring (bicyclic) bond motifs is 2. The molecular weight excluding hydrogens is 290 g/mol. The molecule has 2 aromatic rings. The van der Waals surface area contributed by atoms with E-state index in [1.165, 1.54) is 10.5 Å². The Hall–Kier alpha value is -1.29. The molecule has 1 atom stereocenters. The molecule has 0 bridgehead atoms. The molecule has 0 amide bonds. The number of thioether (sulfide) groups is 1. The van der Waals surface area contributed by atoms with E-state index in [2.05, 4.69) is 55.4 Å². The molecule has 0 unspecified atom stereocenters. The maximum Gasteiger partial charge on any atom is 0.116 e. The summed E-state index contributed by atoms with van der Waals surface area (Å²) in [5.74, 6) is 0.920. The minimum absolute atomic E-state index is 0.750. The van der Waals surface area contributed by atoms with Gasteiger partial charge in [0.25, 0.3) is 0 Å². The summed E-state index contributed by atoms with van der Waals surface area (Å²) in [4.78, 5) is 3.37. The number of nitrogens with zero attached hydrogens (tertiary/aromatic N) is 1. The van der Waals surface area contributed by atoms with Crippen LogP contribution in [0.5, 0.6) is 0 Å². The Kier molecular flexibility index (Phi) is 4.57. The van der Waals surface area contributed by atoms with E-state index in [0.29, 0.717) is 0 Å². The van der Waals surface area contributed by atoms with Crippen molar-refractivity contribution in [2.75, 3.05) is 20.6 Å². The molecule has 3 heteroatoms. The fourth-order valence-electron chi connectivity index (χ4n) is 3.20. The third kappa shape index (κ3) is 2.94. The van der Waals surface area contributed by atoms with Crippen LogP contribution in [0.2, 0.25) is 0 Å². The summed E-state index contributed by atoms with van der Waals surface area (Å²) in [6, 6.07) is 16.6. The zero-order valence-corrected chi connectivity index (χ0v) is 14.1. The molecule has 0 aromatic heterocycles. The van der Waals surface area contributed by atoms with E-state index >= 15 is 0 Å². The molecule has 0 radical (unpaired) electrons. The third-order valence-corrected chi connectivity index (χ3v) is 5.44. The van der Waals surface area contributed by atoms with Gasteiger partial charge in [-0.2, -0.15) is 0 Å². The second kappa shape index (κ2) is 6.45. The maximum absolute atomic E-state index is 11.6. The fraction of sp³-hybridized carbons (Fsp3) is 0.368. The van der Waals surface area contributed by atoms with Gasteiger partial charge in [-0.1, -0.05) is 42.5 Å². The molecule has 0 spiro atoms. The summed E-state index contributed by atoms with van der Waals surface area (Å²) in [5, 5.41) is 11.6. The van der Waals surface area contributed by atoms with Crippen molar-refractivity contribution >= 4 is 11.8 Å². The fourth-order valence-corrected chi connectivity index (χ4v) is 4.33. The predicted octanol–water partition coefficient (Wildman–Crippen LogP) is 3.87. The van der Waals surface area contributed by atoms with E-state index in [1.807, 2.05) is 23.9 Å². The van der Waals surface area contributed by atoms with Crippen LogP contribution in [-0.2, 0) is 11.4 Å². The van der Waals surface area contributed by atoms with Crippen molar-refractivity contribution in [1.29, 1.82) is 0 Å². The number of hydrogen-bond acceptors (Lipinski definition) is 3. The summed E-state index contributed by atoms with van der Waals surface area (Å²) >= 11 is 1.82. The van der Waals surface area contributed by atoms with E-state index in [1.54, 1.807) is 0 Å². The third-order valence-electron chi connectivity index (χ3n) is 4.32. The van der Waals surface area contributed by atoms with Gasteiger partial charge in [-0.05, 0) is 50.7 Å². The average molecular weight is 313 g/mol. The lowest BCUT2D eigenvalue weighted by Gasteiger charge is -2.31. The maximum atomic E-state index is 11.6. The largest absolute Gasteiger partial charge is 0.380 e. The highest BCUT2D eigenvalue weighted by molar-refractivity contribution is 7.98. The van der Waals surface area contributed by atoms with Crippen LogP contribution in [0.1, 0.15) is 29.5 Å². The van der Waals surface area contributed by atoms with Crippen LogP contribution in [0, 0.1) is 0 Å². The van der Waals surface area contributed by atoms with Gasteiger partial charge in [0.05, 0.1) is 0 Å². The zero-order valence-electron chi connectivity index (χ0n) is 13.2. The van der Waals surface area contributed by atoms with Crippen LogP contribution in [-0.4, -0.2) is 30.6 Å². The lowest BCUT2D eigenvalue weighted by molar-refractivity contribution is 0.0635. The molecule has 0 saturated carbocycles. The van der Waals surface area contributed by atoms with Gasteiger partial charge >= 0.3 is 0 Å². The van der Waals surface area contributed by atoms with Gasteiger partial charge in [0.15, 0.2) is 0 Å². The first-order valence-electron chi connectivity index (χ1n) is 7.79. The Morgan fingerprint density at radius 3 is 2.50 bits per heavy atom. The smallest absolute Gasteiger partial charge is 0.116 e. The molecule has 22 heavy (non-hydrogen) atoms. The molecule has 0 saturated heterocycles. The van der Waals surface area contributed by atoms with Gasteiger partial charge in [-0.15, -0.1) is 11.8 Å². The Balaban J connectivity index is 2.05. The monoisotopic (exact) mass is 313 g/mol. The van der Waals surface area contributed by atoms with Crippen LogP contribution >= 0.6 is 11.8 Å². The van der Waals surface area contributed by atoms with Crippen LogP contribution in [0.4, 0.5) is 0 Å². The number of hydrogen-bond donors (Lipinski definition) is 1. The average Bonchev–Trinajstić information content (AvgIpc) is 2.64. The van der Waals surface area contributed by atoms with Crippen LogP contribution in [0.15, 0.2) is 53.4 Å². The topological polar surface area (TPSA) is 23.5 Å². The van der Waals surface area contributed by atoms with Gasteiger partial charge in [0, 0.05) is 16.2 Å². The molecule has 1 heterocycles. The predicted molar refractivity (Wildman–Crippen MR) is 93.2 cm³/mol. The summed E-state index contributed by atoms with van der Waals surface area (Å²) < 4.78 is 0. The SMILES string of the molecule is CN(C)CCC[C@@]1(O)c2ccccc2CSc2ccccc21. The Morgan fingerprint density at radius 2 is 1.73 bits per heavy atom. The van der Waals surface area contributed by atoms with Gasteiger partial charge in [0.1, 0.15) is 5.60 Å². The van der Waals surface area contributed by atoms with Crippen molar-refractivity contribution in [2.24, 2.45) is 0 Å². The highest BCUT2D eigenvalue weighted by Gasteiger charge is 2.36. The number of benzene rings is 2. The molecule has 1 aliphatic rings. The van der Waals surface area contributed by atoms with Crippen molar-refractivity contribution in [2.45, 2.75) is 29.1 Å². The summed E-state index contributed by atoms with van der Waals surface area (Å²) in [6.45, 7) is 0.986. The van der Waals surface area contributed by atoms with Crippen molar-refractivity contribution in [3.05, 3.63) is 65.2 Å². The molecule has 0 aliphatic carbocycles. The minimum Gasteiger partial charge on any atom is -0.380 e. The molecule has 2 aromatic carbocycles. The molecule has 2 nitrogen and oxygen atoms in total. The highest BCUT2D eigenvalue weighted by Crippen LogP contribution is 2.45. The first kappa shape index (κ1) is 15.6. The molecule has 1 aliphatic heterocycles. The van der Waals surface area contributed by atoms with Crippen molar-refractivity contribution in [3.63, 3.8) is 0 Å². The van der Waals surface area contributed by atoms with Gasteiger partial charge < -0.3 is 10.0 Å². The van der Waals surface area contributed by atoms with Crippen LogP contribution < -0.4 is 0 Å². The second-order valence-corrected chi connectivity index (χ2v) is 7.23. The van der Waals surface area contributed by atoms with Gasteiger partial charge in [-0.3, -0.25) is 0 Å². The summed E-state index contributed by atoms with van der Waals surface area (Å²) in [7, 11) is 4.16. The normalized spacial score (nSPS) is 20.4. The summed E-state index contributed by atoms with van der Waals surface area (Å²) in [5.41, 5.74) is 2.50. The minimum atomic E-state index is -0.882. The van der Waals surface area contributed by atoms with Crippen LogP contribution in [0.25, 0.3) is 0 Å². The quantitative estimate of drug-likeness (QED) is 0.927. The highest BCUT2D eigenvalue weighted by atomic mass is 32.2.